The predicted molar refractivity (Wildman–Crippen MR) is 240 cm³/mol. The summed E-state index contributed by atoms with van der Waals surface area (Å²) in [7, 11) is -1.27. The molecule has 6 aromatic carbocycles. The molecule has 0 saturated carbocycles. The molecule has 274 valence electrons. The van der Waals surface area contributed by atoms with Crippen LogP contribution in [0.5, 0.6) is 0 Å². The fraction of sp³-hybridized carbons (Fsp3) is 0.280. The van der Waals surface area contributed by atoms with Gasteiger partial charge in [-0.05, 0) is 150 Å². The summed E-state index contributed by atoms with van der Waals surface area (Å²) < 4.78 is 5.88. The molecule has 2 nitrogen and oxygen atoms in total. The first kappa shape index (κ1) is 36.7. The Kier molecular flexibility index (Phi) is 9.40. The Morgan fingerprint density at radius 1 is 0.333 bits per heavy atom. The van der Waals surface area contributed by atoms with E-state index in [-0.39, 0.29) is 0 Å². The Balaban J connectivity index is 1.39. The number of rotatable bonds is 6. The number of fused-ring (bicyclic) bond motifs is 1. The fourth-order valence-corrected chi connectivity index (χ4v) is 17.8. The maximum atomic E-state index is 2.94. The van der Waals surface area contributed by atoms with Gasteiger partial charge in [-0.2, -0.15) is 0 Å². The van der Waals surface area contributed by atoms with Gasteiger partial charge in [0, 0.05) is 34.6 Å². The van der Waals surface area contributed by atoms with E-state index >= 15 is 0 Å². The molecular weight excluding hydrogens is 691 g/mol. The summed E-state index contributed by atoms with van der Waals surface area (Å²) in [5.41, 5.74) is 30.2. The first-order chi connectivity index (χ1) is 25.7. The first-order valence-corrected chi connectivity index (χ1v) is 22.4. The van der Waals surface area contributed by atoms with Crippen molar-refractivity contribution < 1.29 is 0 Å². The van der Waals surface area contributed by atoms with Gasteiger partial charge in [-0.15, -0.1) is 0 Å². The molecule has 0 aromatic heterocycles. The summed E-state index contributed by atoms with van der Waals surface area (Å²) in [6.45, 7) is 27.4. The minimum Gasteiger partial charge on any atom is -0.292 e. The summed E-state index contributed by atoms with van der Waals surface area (Å²) >= 11 is 0. The van der Waals surface area contributed by atoms with Crippen LogP contribution in [-0.4, -0.2) is 12.3 Å². The fourth-order valence-electron chi connectivity index (χ4n) is 10.1. The highest BCUT2D eigenvalue weighted by Gasteiger charge is 2.56. The van der Waals surface area contributed by atoms with Crippen molar-refractivity contribution in [2.45, 2.75) is 83.1 Å². The van der Waals surface area contributed by atoms with E-state index in [4.69, 9.17) is 0 Å². The molecule has 3 fully saturated rings. The van der Waals surface area contributed by atoms with Crippen LogP contribution in [0.15, 0.2) is 84.9 Å². The number of hydrogen-bond acceptors (Lipinski definition) is 2. The third-order valence-corrected chi connectivity index (χ3v) is 18.3. The van der Waals surface area contributed by atoms with Gasteiger partial charge in [-0.25, -0.2) is 0 Å². The van der Waals surface area contributed by atoms with Crippen molar-refractivity contribution in [3.05, 3.63) is 152 Å². The number of para-hydroxylation sites is 2. The summed E-state index contributed by atoms with van der Waals surface area (Å²) in [5, 5.41) is 0. The van der Waals surface area contributed by atoms with E-state index in [0.717, 1.165) is 0 Å². The lowest BCUT2D eigenvalue weighted by Crippen LogP contribution is -2.33. The average Bonchev–Trinajstić information content (AvgIpc) is 3.69. The second-order valence-corrected chi connectivity index (χ2v) is 20.9. The quantitative estimate of drug-likeness (QED) is 0.157. The van der Waals surface area contributed by atoms with E-state index in [1.54, 1.807) is 0 Å². The largest absolute Gasteiger partial charge is 0.292 e. The van der Waals surface area contributed by atoms with Crippen LogP contribution in [0.25, 0.3) is 44.5 Å². The minimum absolute atomic E-state index is 0.634. The van der Waals surface area contributed by atoms with E-state index in [2.05, 4.69) is 177 Å². The SMILES string of the molecule is Cc1cc(C)c(-c2cccc(-c3c(C)cc(C)cc3C)c2N2P3CCP2N3c2c(-c3c(C)cc(C)cc3C)cccc2-c2c(C)cc(C)cc2C)c(C)c1. The maximum Gasteiger partial charge on any atom is 0.105 e. The highest BCUT2D eigenvalue weighted by atomic mass is 31.3. The molecule has 3 heterocycles. The van der Waals surface area contributed by atoms with Gasteiger partial charge >= 0.3 is 0 Å². The van der Waals surface area contributed by atoms with E-state index in [1.807, 2.05) is 0 Å². The van der Waals surface area contributed by atoms with Gasteiger partial charge in [-0.1, -0.05) is 107 Å². The molecule has 3 saturated heterocycles. The number of aryl methyl sites for hydroxylation is 12. The van der Waals surface area contributed by atoms with Gasteiger partial charge in [0.2, 0.25) is 0 Å². The van der Waals surface area contributed by atoms with Gasteiger partial charge in [0.1, 0.15) is 16.4 Å². The van der Waals surface area contributed by atoms with E-state index < -0.39 is 16.4 Å². The number of benzene rings is 6. The van der Waals surface area contributed by atoms with Gasteiger partial charge < -0.3 is 0 Å². The second kappa shape index (κ2) is 13.8. The monoisotopic (exact) mass is 744 g/mol. The zero-order valence-electron chi connectivity index (χ0n) is 34.3. The molecule has 0 unspecified atom stereocenters. The van der Waals surface area contributed by atoms with Crippen molar-refractivity contribution in [3.63, 3.8) is 0 Å². The topological polar surface area (TPSA) is 6.48 Å². The third-order valence-electron chi connectivity index (χ3n) is 11.6. The number of anilines is 2. The lowest BCUT2D eigenvalue weighted by Gasteiger charge is -2.54. The van der Waals surface area contributed by atoms with Crippen molar-refractivity contribution in [2.75, 3.05) is 21.2 Å². The molecule has 3 aliphatic heterocycles. The average molecular weight is 745 g/mol. The van der Waals surface area contributed by atoms with E-state index in [9.17, 15) is 0 Å². The standard InChI is InChI=1S/C50H54N2P2/c1-29-21-33(5)45(34(6)22-29)41-15-13-16-42(46-35(7)23-30(2)24-36(46)8)49(41)51-53-19-20-54(51)52(53)50-43(47-37(9)25-31(3)26-38(47)10)17-14-18-44(50)48-39(11)27-32(4)28-40(48)12/h13-18,21-28H,19-20H2,1-12H3. The second-order valence-electron chi connectivity index (χ2n) is 16.3. The van der Waals surface area contributed by atoms with Crippen LogP contribution < -0.4 is 8.88 Å². The third kappa shape index (κ3) is 5.93. The highest BCUT2D eigenvalue weighted by Crippen LogP contribution is 2.86. The van der Waals surface area contributed by atoms with Crippen LogP contribution in [-0.2, 0) is 0 Å². The Hall–Kier alpha value is -4.22. The summed E-state index contributed by atoms with van der Waals surface area (Å²) in [6.07, 6.45) is 2.44. The van der Waals surface area contributed by atoms with Gasteiger partial charge in [0.25, 0.3) is 0 Å². The molecule has 0 aliphatic carbocycles. The maximum absolute atomic E-state index is 2.94. The van der Waals surface area contributed by atoms with Crippen LogP contribution in [0.1, 0.15) is 66.8 Å². The molecule has 0 atom stereocenters. The Morgan fingerprint density at radius 3 is 0.741 bits per heavy atom. The molecule has 4 heteroatoms. The number of hydrogen-bond donors (Lipinski definition) is 0. The highest BCUT2D eigenvalue weighted by molar-refractivity contribution is 7.98. The molecule has 0 amide bonds. The molecule has 0 spiro atoms. The van der Waals surface area contributed by atoms with Gasteiger partial charge in [0.15, 0.2) is 0 Å². The molecule has 54 heavy (non-hydrogen) atoms. The van der Waals surface area contributed by atoms with Crippen LogP contribution in [0, 0.1) is 83.1 Å². The molecule has 0 radical (unpaired) electrons. The number of nitrogens with zero attached hydrogens (tertiary/aromatic N) is 2. The van der Waals surface area contributed by atoms with Gasteiger partial charge in [0.05, 0.1) is 11.4 Å². The Labute approximate surface area is 327 Å². The van der Waals surface area contributed by atoms with Crippen molar-refractivity contribution >= 4 is 27.8 Å². The molecule has 9 rings (SSSR count). The smallest absolute Gasteiger partial charge is 0.105 e. The van der Waals surface area contributed by atoms with Crippen molar-refractivity contribution in [2.24, 2.45) is 0 Å². The minimum atomic E-state index is -0.634. The van der Waals surface area contributed by atoms with E-state index in [0.29, 0.717) is 0 Å². The zero-order chi connectivity index (χ0) is 38.3. The lowest BCUT2D eigenvalue weighted by atomic mass is 9.87. The molecular formula is C50H54N2P2. The van der Waals surface area contributed by atoms with Crippen LogP contribution >= 0.6 is 16.4 Å². The molecule has 3 aliphatic rings. The van der Waals surface area contributed by atoms with Crippen molar-refractivity contribution in [1.29, 1.82) is 0 Å². The normalized spacial score (nSPS) is 16.3. The summed E-state index contributed by atoms with van der Waals surface area (Å²) in [5.74, 6) is 0. The summed E-state index contributed by atoms with van der Waals surface area (Å²) in [4.78, 5) is 0. The summed E-state index contributed by atoms with van der Waals surface area (Å²) in [6, 6.07) is 33.2. The van der Waals surface area contributed by atoms with Crippen LogP contribution in [0.4, 0.5) is 11.4 Å². The van der Waals surface area contributed by atoms with Crippen LogP contribution in [0.3, 0.4) is 0 Å². The predicted octanol–water partition coefficient (Wildman–Crippen LogP) is 15.0. The van der Waals surface area contributed by atoms with Crippen molar-refractivity contribution in [1.82, 2.24) is 0 Å². The lowest BCUT2D eigenvalue weighted by molar-refractivity contribution is 1.30. The van der Waals surface area contributed by atoms with Crippen LogP contribution in [0.2, 0.25) is 0 Å². The molecule has 2 bridgehead atoms. The Bertz CT molecular complexity index is 2080. The molecule has 6 aromatic rings. The van der Waals surface area contributed by atoms with E-state index in [1.165, 1.54) is 135 Å². The zero-order valence-corrected chi connectivity index (χ0v) is 36.1. The van der Waals surface area contributed by atoms with Gasteiger partial charge in [-0.3, -0.25) is 8.88 Å². The Morgan fingerprint density at radius 2 is 0.537 bits per heavy atom. The van der Waals surface area contributed by atoms with Crippen molar-refractivity contribution in [3.8, 4) is 44.5 Å². The first-order valence-electron chi connectivity index (χ1n) is 19.5. The molecule has 0 N–H and O–H groups in total.